The molecule has 0 saturated carbocycles. The lowest BCUT2D eigenvalue weighted by molar-refractivity contribution is 0.0258. The Bertz CT molecular complexity index is 1430. The van der Waals surface area contributed by atoms with E-state index in [2.05, 4.69) is 50.8 Å². The molecule has 1 saturated heterocycles. The zero-order chi connectivity index (χ0) is 28.7. The molecular formula is C35H39FN4O2. The van der Waals surface area contributed by atoms with Gasteiger partial charge in [-0.1, -0.05) is 60.7 Å². The van der Waals surface area contributed by atoms with Crippen LogP contribution in [-0.4, -0.2) is 66.1 Å². The molecule has 2 aliphatic rings. The van der Waals surface area contributed by atoms with Crippen molar-refractivity contribution >= 4 is 11.6 Å². The lowest BCUT2D eigenvalue weighted by Crippen LogP contribution is -2.47. The number of carbonyl (C=O) groups is 1. The molecule has 1 fully saturated rings. The maximum atomic E-state index is 13.8. The molecule has 0 radical (unpaired) electrons. The summed E-state index contributed by atoms with van der Waals surface area (Å²) in [5.74, 6) is -0.0989. The summed E-state index contributed by atoms with van der Waals surface area (Å²) >= 11 is 0. The Morgan fingerprint density at radius 2 is 1.45 bits per heavy atom. The molecule has 3 aromatic carbocycles. The van der Waals surface area contributed by atoms with E-state index in [4.69, 9.17) is 4.74 Å². The van der Waals surface area contributed by atoms with E-state index in [1.807, 2.05) is 53.6 Å². The molecule has 7 heteroatoms. The van der Waals surface area contributed by atoms with Gasteiger partial charge in [-0.2, -0.15) is 0 Å². The van der Waals surface area contributed by atoms with Gasteiger partial charge in [0.2, 0.25) is 0 Å². The third-order valence-electron chi connectivity index (χ3n) is 8.45. The fourth-order valence-electron chi connectivity index (χ4n) is 6.14. The molecule has 0 N–H and O–H groups in total. The number of benzene rings is 3. The second-order valence-electron chi connectivity index (χ2n) is 11.3. The predicted molar refractivity (Wildman–Crippen MR) is 164 cm³/mol. The largest absolute Gasteiger partial charge is 0.369 e. The highest BCUT2D eigenvalue weighted by Gasteiger charge is 2.31. The van der Waals surface area contributed by atoms with E-state index in [0.717, 1.165) is 74.6 Å². The van der Waals surface area contributed by atoms with Crippen molar-refractivity contribution < 1.29 is 13.9 Å². The van der Waals surface area contributed by atoms with Crippen molar-refractivity contribution in [2.45, 2.75) is 32.1 Å². The van der Waals surface area contributed by atoms with Crippen molar-refractivity contribution in [3.63, 3.8) is 0 Å². The molecule has 4 aromatic rings. The van der Waals surface area contributed by atoms with E-state index in [9.17, 15) is 9.18 Å². The molecule has 2 aliphatic heterocycles. The van der Waals surface area contributed by atoms with Crippen LogP contribution in [0.25, 0.3) is 0 Å². The van der Waals surface area contributed by atoms with Crippen LogP contribution in [0.3, 0.4) is 0 Å². The van der Waals surface area contributed by atoms with Gasteiger partial charge in [0.1, 0.15) is 11.9 Å². The highest BCUT2D eigenvalue weighted by molar-refractivity contribution is 5.96. The van der Waals surface area contributed by atoms with Crippen LogP contribution in [0, 0.1) is 5.82 Å². The number of halogens is 1. The summed E-state index contributed by atoms with van der Waals surface area (Å²) in [7, 11) is 0. The quantitative estimate of drug-likeness (QED) is 0.236. The van der Waals surface area contributed by atoms with Crippen LogP contribution < -0.4 is 4.90 Å². The number of fused-ring (bicyclic) bond motifs is 1. The maximum absolute atomic E-state index is 13.8. The van der Waals surface area contributed by atoms with Gasteiger partial charge in [0.05, 0.1) is 17.9 Å². The first-order valence-corrected chi connectivity index (χ1v) is 15.0. The third-order valence-corrected chi connectivity index (χ3v) is 8.45. The van der Waals surface area contributed by atoms with Crippen LogP contribution in [0.1, 0.15) is 46.1 Å². The summed E-state index contributed by atoms with van der Waals surface area (Å²) in [6.07, 6.45) is 3.57. The average molecular weight is 567 g/mol. The standard InChI is InChI=1S/C35H39FN4O2/c36-30-12-14-31(15-13-30)38-24-22-37(23-25-38)18-7-19-39-21-17-33(42-27-29-10-5-2-6-11-29)34-32(35(39)41)16-20-40(34)26-28-8-3-1-4-9-28/h1-6,8-16,20,33H,7,17-19,21-27H2. The zero-order valence-corrected chi connectivity index (χ0v) is 24.1. The van der Waals surface area contributed by atoms with Crippen LogP contribution in [-0.2, 0) is 17.9 Å². The number of nitrogens with zero attached hydrogens (tertiary/aromatic N) is 4. The number of aromatic nitrogens is 1. The van der Waals surface area contributed by atoms with Crippen molar-refractivity contribution in [3.8, 4) is 0 Å². The Morgan fingerprint density at radius 3 is 2.17 bits per heavy atom. The van der Waals surface area contributed by atoms with Crippen molar-refractivity contribution in [2.75, 3.05) is 50.7 Å². The first-order valence-electron chi connectivity index (χ1n) is 15.0. The van der Waals surface area contributed by atoms with E-state index >= 15 is 0 Å². The van der Waals surface area contributed by atoms with Gasteiger partial charge in [-0.05, 0) is 60.8 Å². The van der Waals surface area contributed by atoms with E-state index < -0.39 is 0 Å². The monoisotopic (exact) mass is 566 g/mol. The average Bonchev–Trinajstić information content (AvgIpc) is 3.39. The summed E-state index contributed by atoms with van der Waals surface area (Å²) in [4.78, 5) is 20.6. The molecule has 1 aromatic heterocycles. The number of amides is 1. The third kappa shape index (κ3) is 6.75. The van der Waals surface area contributed by atoms with Crippen LogP contribution >= 0.6 is 0 Å². The number of anilines is 1. The topological polar surface area (TPSA) is 41.0 Å². The van der Waals surface area contributed by atoms with Gasteiger partial charge in [0.15, 0.2) is 0 Å². The number of rotatable bonds is 10. The Balaban J connectivity index is 1.09. The Kier molecular flexibility index (Phi) is 8.97. The van der Waals surface area contributed by atoms with Gasteiger partial charge < -0.3 is 19.1 Å². The molecular weight excluding hydrogens is 527 g/mol. The van der Waals surface area contributed by atoms with E-state index in [-0.39, 0.29) is 17.8 Å². The fourth-order valence-corrected chi connectivity index (χ4v) is 6.14. The Labute approximate surface area is 247 Å². The number of piperazine rings is 1. The van der Waals surface area contributed by atoms with Crippen LogP contribution in [0.2, 0.25) is 0 Å². The zero-order valence-electron chi connectivity index (χ0n) is 24.1. The van der Waals surface area contributed by atoms with E-state index in [0.29, 0.717) is 19.7 Å². The highest BCUT2D eigenvalue weighted by Crippen LogP contribution is 2.32. The molecule has 1 unspecified atom stereocenters. The van der Waals surface area contributed by atoms with Gasteiger partial charge in [0.25, 0.3) is 5.91 Å². The maximum Gasteiger partial charge on any atom is 0.255 e. The summed E-state index contributed by atoms with van der Waals surface area (Å²) in [5.41, 5.74) is 5.15. The highest BCUT2D eigenvalue weighted by atomic mass is 19.1. The molecule has 6 rings (SSSR count). The molecule has 218 valence electrons. The SMILES string of the molecule is O=C1c2ccn(Cc3ccccc3)c2C(OCc2ccccc2)CCN1CCCN1CCN(c2ccc(F)cc2)CC1. The fraction of sp³-hybridized carbons (Fsp3) is 0.343. The first-order chi connectivity index (χ1) is 20.6. The molecule has 1 atom stereocenters. The minimum Gasteiger partial charge on any atom is -0.369 e. The summed E-state index contributed by atoms with van der Waals surface area (Å²) in [5, 5.41) is 0. The van der Waals surface area contributed by atoms with Crippen molar-refractivity contribution in [1.82, 2.24) is 14.4 Å². The molecule has 0 bridgehead atoms. The van der Waals surface area contributed by atoms with E-state index in [1.54, 1.807) is 0 Å². The minimum atomic E-state index is -0.200. The number of carbonyl (C=O) groups excluding carboxylic acids is 1. The second kappa shape index (κ2) is 13.4. The smallest absolute Gasteiger partial charge is 0.255 e. The summed E-state index contributed by atoms with van der Waals surface area (Å²) in [6.45, 7) is 7.36. The molecule has 42 heavy (non-hydrogen) atoms. The molecule has 6 nitrogen and oxygen atoms in total. The lowest BCUT2D eigenvalue weighted by Gasteiger charge is -2.36. The second-order valence-corrected chi connectivity index (χ2v) is 11.3. The normalized spacial score (nSPS) is 17.7. The van der Waals surface area contributed by atoms with Gasteiger partial charge in [-0.3, -0.25) is 9.69 Å². The Hall–Kier alpha value is -3.94. The van der Waals surface area contributed by atoms with Crippen LogP contribution in [0.4, 0.5) is 10.1 Å². The van der Waals surface area contributed by atoms with E-state index in [1.165, 1.54) is 17.7 Å². The van der Waals surface area contributed by atoms with Crippen LogP contribution in [0.5, 0.6) is 0 Å². The number of hydrogen-bond donors (Lipinski definition) is 0. The first kappa shape index (κ1) is 28.2. The van der Waals surface area contributed by atoms with Crippen molar-refractivity contribution in [1.29, 1.82) is 0 Å². The summed E-state index contributed by atoms with van der Waals surface area (Å²) < 4.78 is 22.0. The molecule has 3 heterocycles. The van der Waals surface area contributed by atoms with Crippen molar-refractivity contribution in [2.24, 2.45) is 0 Å². The van der Waals surface area contributed by atoms with Crippen LogP contribution in [0.15, 0.2) is 97.2 Å². The predicted octanol–water partition coefficient (Wildman–Crippen LogP) is 5.99. The summed E-state index contributed by atoms with van der Waals surface area (Å²) in [6, 6.07) is 29.4. The van der Waals surface area contributed by atoms with Gasteiger partial charge >= 0.3 is 0 Å². The molecule has 1 amide bonds. The van der Waals surface area contributed by atoms with Gasteiger partial charge in [-0.15, -0.1) is 0 Å². The van der Waals surface area contributed by atoms with Gasteiger partial charge in [-0.25, -0.2) is 4.39 Å². The van der Waals surface area contributed by atoms with Gasteiger partial charge in [0, 0.05) is 57.7 Å². The minimum absolute atomic E-state index is 0.101. The molecule has 0 spiro atoms. The van der Waals surface area contributed by atoms with Crippen molar-refractivity contribution in [3.05, 3.63) is 125 Å². The number of hydrogen-bond acceptors (Lipinski definition) is 4. The molecule has 0 aliphatic carbocycles. The lowest BCUT2D eigenvalue weighted by atomic mass is 10.1. The Morgan fingerprint density at radius 1 is 0.762 bits per heavy atom. The number of ether oxygens (including phenoxy) is 1.